The van der Waals surface area contributed by atoms with E-state index in [1.165, 1.54) is 16.5 Å². The van der Waals surface area contributed by atoms with Crippen molar-refractivity contribution >= 4 is 22.8 Å². The van der Waals surface area contributed by atoms with Crippen LogP contribution < -0.4 is 10.6 Å². The van der Waals surface area contributed by atoms with Gasteiger partial charge in [0.05, 0.1) is 11.7 Å². The van der Waals surface area contributed by atoms with E-state index in [1.54, 1.807) is 24.3 Å². The predicted octanol–water partition coefficient (Wildman–Crippen LogP) is 4.79. The topological polar surface area (TPSA) is 98.8 Å². The molecule has 0 bridgehead atoms. The van der Waals surface area contributed by atoms with Crippen LogP contribution in [0.5, 0.6) is 0 Å². The average molecular weight is 472 g/mol. The van der Waals surface area contributed by atoms with Crippen LogP contribution in [0.2, 0.25) is 0 Å². The molecule has 35 heavy (non-hydrogen) atoms. The number of unbranched alkanes of at least 4 members (excludes halogenated alkanes) is 1. The molecule has 0 saturated carbocycles. The number of nitrogens with zero attached hydrogens (tertiary/aromatic N) is 4. The van der Waals surface area contributed by atoms with Gasteiger partial charge in [0.15, 0.2) is 0 Å². The molecular weight excluding hydrogens is 438 g/mol. The summed E-state index contributed by atoms with van der Waals surface area (Å²) in [6.45, 7) is 5.66. The Labute approximate surface area is 206 Å². The van der Waals surface area contributed by atoms with Gasteiger partial charge in [0.25, 0.3) is 0 Å². The number of aryl methyl sites for hydroxylation is 2. The summed E-state index contributed by atoms with van der Waals surface area (Å²) in [4.78, 5) is 30.3. The summed E-state index contributed by atoms with van der Waals surface area (Å²) < 4.78 is 0. The third kappa shape index (κ3) is 6.42. The lowest BCUT2D eigenvalue weighted by Gasteiger charge is -2.21. The lowest BCUT2D eigenvalue weighted by molar-refractivity contribution is 0.221. The highest BCUT2D eigenvalue weighted by Crippen LogP contribution is 2.25. The first kappa shape index (κ1) is 24.3. The maximum atomic E-state index is 12.3. The fourth-order valence-electron chi connectivity index (χ4n) is 4.22. The Morgan fingerprint density at radius 1 is 1.09 bits per heavy atom. The van der Waals surface area contributed by atoms with E-state index in [-0.39, 0.29) is 12.1 Å². The van der Waals surface area contributed by atoms with Crippen LogP contribution in [0, 0.1) is 13.8 Å². The predicted molar refractivity (Wildman–Crippen MR) is 139 cm³/mol. The van der Waals surface area contributed by atoms with Gasteiger partial charge in [-0.1, -0.05) is 30.3 Å². The van der Waals surface area contributed by atoms with Crippen LogP contribution in [0.1, 0.15) is 41.4 Å². The summed E-state index contributed by atoms with van der Waals surface area (Å²) >= 11 is 0. The van der Waals surface area contributed by atoms with Crippen molar-refractivity contribution in [1.29, 1.82) is 0 Å². The van der Waals surface area contributed by atoms with Crippen LogP contribution in [-0.2, 0) is 6.42 Å². The standard InChI is InChI=1S/C27H33N7O/c1-19-16-20(2)23(32-18-19)17-24(25-22-9-5-4-8-21(22)10-12-29-25)28-11-6-7-15-34(3)27(35)33-26-30-13-14-31-26/h4-5,8-10,12-14,16,18,24,28H,6-7,11,15,17H2,1-3H3,(H2,30,31,33,35). The molecule has 3 aromatic heterocycles. The number of nitrogens with one attached hydrogen (secondary N) is 3. The largest absolute Gasteiger partial charge is 0.331 e. The first-order chi connectivity index (χ1) is 17.0. The molecule has 8 heteroatoms. The van der Waals surface area contributed by atoms with E-state index < -0.39 is 0 Å². The van der Waals surface area contributed by atoms with Gasteiger partial charge in [-0.05, 0) is 55.8 Å². The molecule has 0 spiro atoms. The number of aromatic amines is 1. The number of rotatable bonds is 10. The summed E-state index contributed by atoms with van der Waals surface area (Å²) in [5, 5.41) is 8.81. The second kappa shape index (κ2) is 11.6. The van der Waals surface area contributed by atoms with Crippen molar-refractivity contribution in [2.75, 3.05) is 25.5 Å². The van der Waals surface area contributed by atoms with E-state index >= 15 is 0 Å². The van der Waals surface area contributed by atoms with E-state index in [9.17, 15) is 4.79 Å². The Hall–Kier alpha value is -3.78. The number of pyridine rings is 2. The zero-order chi connectivity index (χ0) is 24.6. The minimum Gasteiger partial charge on any atom is -0.331 e. The van der Waals surface area contributed by atoms with E-state index in [0.29, 0.717) is 12.5 Å². The smallest absolute Gasteiger partial charge is 0.323 e. The molecule has 4 rings (SSSR count). The molecule has 0 saturated heterocycles. The Balaban J connectivity index is 1.39. The van der Waals surface area contributed by atoms with Gasteiger partial charge in [-0.25, -0.2) is 9.78 Å². The van der Waals surface area contributed by atoms with Crippen molar-refractivity contribution in [2.24, 2.45) is 0 Å². The number of imidazole rings is 1. The van der Waals surface area contributed by atoms with Gasteiger partial charge in [-0.3, -0.25) is 15.3 Å². The first-order valence-electron chi connectivity index (χ1n) is 12.0. The number of hydrogen-bond acceptors (Lipinski definition) is 5. The fraction of sp³-hybridized carbons (Fsp3) is 0.333. The van der Waals surface area contributed by atoms with Crippen molar-refractivity contribution in [3.8, 4) is 0 Å². The summed E-state index contributed by atoms with van der Waals surface area (Å²) in [5.74, 6) is 0.453. The number of amides is 2. The highest BCUT2D eigenvalue weighted by Gasteiger charge is 2.18. The molecule has 0 aliphatic heterocycles. The molecule has 1 unspecified atom stereocenters. The number of benzene rings is 1. The van der Waals surface area contributed by atoms with Crippen LogP contribution in [0.15, 0.2) is 61.2 Å². The Kier molecular flexibility index (Phi) is 8.05. The molecule has 3 heterocycles. The molecule has 4 aromatic rings. The van der Waals surface area contributed by atoms with Crippen LogP contribution in [0.25, 0.3) is 10.8 Å². The van der Waals surface area contributed by atoms with Crippen molar-refractivity contribution in [2.45, 2.75) is 39.2 Å². The van der Waals surface area contributed by atoms with Crippen molar-refractivity contribution in [3.63, 3.8) is 0 Å². The average Bonchev–Trinajstić information content (AvgIpc) is 3.37. The number of carbonyl (C=O) groups is 1. The summed E-state index contributed by atoms with van der Waals surface area (Å²) in [6, 6.07) is 12.5. The summed E-state index contributed by atoms with van der Waals surface area (Å²) in [6.07, 6.45) is 9.67. The quantitative estimate of drug-likeness (QED) is 0.289. The Bertz CT molecular complexity index is 1250. The number of hydrogen-bond donors (Lipinski definition) is 3. The van der Waals surface area contributed by atoms with Gasteiger partial charge >= 0.3 is 6.03 Å². The van der Waals surface area contributed by atoms with Gasteiger partial charge in [-0.15, -0.1) is 0 Å². The van der Waals surface area contributed by atoms with Crippen molar-refractivity contribution in [3.05, 3.63) is 83.7 Å². The summed E-state index contributed by atoms with van der Waals surface area (Å²) in [7, 11) is 1.79. The third-order valence-electron chi connectivity index (χ3n) is 6.14. The Morgan fingerprint density at radius 3 is 2.74 bits per heavy atom. The molecule has 0 radical (unpaired) electrons. The van der Waals surface area contributed by atoms with Gasteiger partial charge in [0, 0.05) is 55.9 Å². The number of carbonyl (C=O) groups excluding carboxylic acids is 1. The molecule has 0 aliphatic carbocycles. The lowest BCUT2D eigenvalue weighted by atomic mass is 9.98. The van der Waals surface area contributed by atoms with Crippen LogP contribution in [0.3, 0.4) is 0 Å². The Morgan fingerprint density at radius 2 is 1.94 bits per heavy atom. The molecule has 8 nitrogen and oxygen atoms in total. The minimum atomic E-state index is -0.174. The van der Waals surface area contributed by atoms with Gasteiger partial charge in [0.1, 0.15) is 0 Å². The van der Waals surface area contributed by atoms with Crippen LogP contribution in [-0.4, -0.2) is 51.0 Å². The van der Waals surface area contributed by atoms with Crippen LogP contribution in [0.4, 0.5) is 10.7 Å². The van der Waals surface area contributed by atoms with E-state index in [4.69, 9.17) is 9.97 Å². The second-order valence-electron chi connectivity index (χ2n) is 8.90. The molecule has 1 atom stereocenters. The zero-order valence-corrected chi connectivity index (χ0v) is 20.6. The highest BCUT2D eigenvalue weighted by molar-refractivity contribution is 5.87. The van der Waals surface area contributed by atoms with Crippen molar-refractivity contribution < 1.29 is 4.79 Å². The normalized spacial score (nSPS) is 12.0. The van der Waals surface area contributed by atoms with Gasteiger partial charge in [-0.2, -0.15) is 0 Å². The SMILES string of the molecule is Cc1cnc(CC(NCCCCN(C)C(=O)Nc2ncc[nH]2)c2nccc3ccccc23)c(C)c1. The van der Waals surface area contributed by atoms with Crippen molar-refractivity contribution in [1.82, 2.24) is 30.2 Å². The number of urea groups is 1. The van der Waals surface area contributed by atoms with E-state index in [0.717, 1.165) is 42.6 Å². The lowest BCUT2D eigenvalue weighted by Crippen LogP contribution is -2.33. The molecule has 2 amide bonds. The molecule has 0 fully saturated rings. The fourth-order valence-corrected chi connectivity index (χ4v) is 4.22. The number of aromatic nitrogens is 4. The molecule has 0 aliphatic rings. The van der Waals surface area contributed by atoms with Crippen LogP contribution >= 0.6 is 0 Å². The number of fused-ring (bicyclic) bond motifs is 1. The maximum Gasteiger partial charge on any atom is 0.323 e. The maximum absolute atomic E-state index is 12.3. The first-order valence-corrected chi connectivity index (χ1v) is 12.0. The van der Waals surface area contributed by atoms with E-state index in [2.05, 4.69) is 70.8 Å². The molecule has 1 aromatic carbocycles. The van der Waals surface area contributed by atoms with Gasteiger partial charge < -0.3 is 15.2 Å². The minimum absolute atomic E-state index is 0.0370. The third-order valence-corrected chi connectivity index (χ3v) is 6.14. The zero-order valence-electron chi connectivity index (χ0n) is 20.6. The second-order valence-corrected chi connectivity index (χ2v) is 8.90. The number of anilines is 1. The van der Waals surface area contributed by atoms with Gasteiger partial charge in [0.2, 0.25) is 5.95 Å². The van der Waals surface area contributed by atoms with E-state index in [1.807, 2.05) is 12.4 Å². The molecule has 182 valence electrons. The molecule has 3 N–H and O–H groups in total. The summed E-state index contributed by atoms with van der Waals surface area (Å²) in [5.41, 5.74) is 4.48. The molecular formula is C27H33N7O. The monoisotopic (exact) mass is 471 g/mol. The highest BCUT2D eigenvalue weighted by atomic mass is 16.2. The number of H-pyrrole nitrogens is 1.